The third kappa shape index (κ3) is 5.74. The topological polar surface area (TPSA) is 70.1 Å². The smallest absolute Gasteiger partial charge is 0.410 e. The van der Waals surface area contributed by atoms with Gasteiger partial charge < -0.3 is 14.7 Å². The minimum atomic E-state index is -0.453. The second kappa shape index (κ2) is 8.34. The molecule has 0 bridgehead atoms. The molecule has 2 amide bonds. The Morgan fingerprint density at radius 3 is 2.48 bits per heavy atom. The van der Waals surface area contributed by atoms with Crippen molar-refractivity contribution >= 4 is 12.0 Å². The van der Waals surface area contributed by atoms with Crippen LogP contribution in [0, 0.1) is 5.41 Å². The van der Waals surface area contributed by atoms with Crippen molar-refractivity contribution in [3.8, 4) is 0 Å². The zero-order valence-electron chi connectivity index (χ0n) is 15.3. The highest BCUT2D eigenvalue weighted by Crippen LogP contribution is 2.21. The van der Waals surface area contributed by atoms with Crippen LogP contribution in [0.1, 0.15) is 32.8 Å². The second-order valence-electron chi connectivity index (χ2n) is 7.65. The molecule has 1 unspecified atom stereocenters. The fraction of sp³-hybridized carbons (Fsp3) is 0.579. The van der Waals surface area contributed by atoms with Gasteiger partial charge in [0.25, 0.3) is 0 Å². The first-order valence-corrected chi connectivity index (χ1v) is 8.66. The largest absolute Gasteiger partial charge is 0.445 e. The average molecular weight is 348 g/mol. The molecule has 1 aromatic carbocycles. The van der Waals surface area contributed by atoms with Crippen molar-refractivity contribution in [2.24, 2.45) is 5.41 Å². The van der Waals surface area contributed by atoms with Crippen LogP contribution in [0.2, 0.25) is 0 Å². The van der Waals surface area contributed by atoms with E-state index < -0.39 is 12.1 Å². The van der Waals surface area contributed by atoms with Crippen LogP contribution >= 0.6 is 0 Å². The number of aliphatic hydroxyl groups is 1. The van der Waals surface area contributed by atoms with Crippen LogP contribution in [0.5, 0.6) is 0 Å². The lowest BCUT2D eigenvalue weighted by Crippen LogP contribution is -2.58. The monoisotopic (exact) mass is 348 g/mol. The Hall–Kier alpha value is -2.08. The Kier molecular flexibility index (Phi) is 6.42. The van der Waals surface area contributed by atoms with Gasteiger partial charge in [-0.1, -0.05) is 51.1 Å². The molecule has 1 atom stereocenters. The van der Waals surface area contributed by atoms with E-state index in [1.807, 2.05) is 51.1 Å². The van der Waals surface area contributed by atoms with Crippen LogP contribution in [-0.4, -0.2) is 59.2 Å². The molecule has 6 heteroatoms. The maximum Gasteiger partial charge on any atom is 0.410 e. The maximum atomic E-state index is 12.4. The first kappa shape index (κ1) is 19.2. The van der Waals surface area contributed by atoms with Crippen molar-refractivity contribution in [2.45, 2.75) is 39.8 Å². The zero-order chi connectivity index (χ0) is 18.4. The summed E-state index contributed by atoms with van der Waals surface area (Å²) in [6.45, 7) is 7.23. The summed E-state index contributed by atoms with van der Waals surface area (Å²) in [7, 11) is 0. The van der Waals surface area contributed by atoms with Crippen molar-refractivity contribution < 1.29 is 19.4 Å². The van der Waals surface area contributed by atoms with E-state index in [2.05, 4.69) is 0 Å². The highest BCUT2D eigenvalue weighted by atomic mass is 16.6. The molecule has 1 aliphatic heterocycles. The molecule has 25 heavy (non-hydrogen) atoms. The van der Waals surface area contributed by atoms with Crippen LogP contribution in [-0.2, 0) is 16.1 Å². The summed E-state index contributed by atoms with van der Waals surface area (Å²) in [5, 5.41) is 9.64. The number of nitrogens with zero attached hydrogens (tertiary/aromatic N) is 2. The van der Waals surface area contributed by atoms with Gasteiger partial charge in [0.05, 0.1) is 12.6 Å². The Bertz CT molecular complexity index is 583. The summed E-state index contributed by atoms with van der Waals surface area (Å²) in [4.78, 5) is 28.0. The van der Waals surface area contributed by atoms with Gasteiger partial charge in [-0.25, -0.2) is 4.79 Å². The second-order valence-corrected chi connectivity index (χ2v) is 7.65. The maximum absolute atomic E-state index is 12.4. The number of piperazine rings is 1. The van der Waals surface area contributed by atoms with Crippen molar-refractivity contribution in [1.82, 2.24) is 9.80 Å². The molecule has 1 aliphatic rings. The molecule has 1 N–H and O–H groups in total. The molecular weight excluding hydrogens is 320 g/mol. The molecule has 2 rings (SSSR count). The van der Waals surface area contributed by atoms with E-state index in [0.717, 1.165) is 5.56 Å². The van der Waals surface area contributed by atoms with Gasteiger partial charge in [0.2, 0.25) is 5.91 Å². The molecule has 0 spiro atoms. The molecule has 1 fully saturated rings. The molecule has 0 saturated carbocycles. The molecule has 0 aliphatic carbocycles. The van der Waals surface area contributed by atoms with Crippen molar-refractivity contribution in [2.75, 3.05) is 26.2 Å². The predicted molar refractivity (Wildman–Crippen MR) is 94.9 cm³/mol. The van der Waals surface area contributed by atoms with Crippen LogP contribution in [0.4, 0.5) is 4.79 Å². The van der Waals surface area contributed by atoms with Crippen molar-refractivity contribution in [3.63, 3.8) is 0 Å². The summed E-state index contributed by atoms with van der Waals surface area (Å²) in [5.41, 5.74) is 0.827. The van der Waals surface area contributed by atoms with Gasteiger partial charge in [-0.3, -0.25) is 9.69 Å². The lowest BCUT2D eigenvalue weighted by atomic mass is 9.91. The van der Waals surface area contributed by atoms with Crippen LogP contribution in [0.25, 0.3) is 0 Å². The Labute approximate surface area is 149 Å². The third-order valence-electron chi connectivity index (χ3n) is 4.17. The van der Waals surface area contributed by atoms with Crippen LogP contribution in [0.15, 0.2) is 30.3 Å². The number of carbonyl (C=O) groups is 2. The van der Waals surface area contributed by atoms with Gasteiger partial charge in [0.1, 0.15) is 6.61 Å². The quantitative estimate of drug-likeness (QED) is 0.906. The van der Waals surface area contributed by atoms with E-state index in [0.29, 0.717) is 26.1 Å². The summed E-state index contributed by atoms with van der Waals surface area (Å²) in [6.07, 6.45) is -0.00492. The molecular formula is C19H28N2O4. The van der Waals surface area contributed by atoms with Gasteiger partial charge in [-0.05, 0) is 11.0 Å². The standard InChI is InChI=1S/C19H28N2O4/c1-19(2,3)11-17(23)20-9-10-21(16(12-20)13-22)18(24)25-14-15-7-5-4-6-8-15/h4-8,16,22H,9-14H2,1-3H3. The lowest BCUT2D eigenvalue weighted by Gasteiger charge is -2.40. The minimum Gasteiger partial charge on any atom is -0.445 e. The van der Waals surface area contributed by atoms with Crippen LogP contribution < -0.4 is 0 Å². The molecule has 1 aromatic rings. The number of carbonyl (C=O) groups excluding carboxylic acids is 2. The minimum absolute atomic E-state index is 0.0586. The number of hydrogen-bond acceptors (Lipinski definition) is 4. The Morgan fingerprint density at radius 2 is 1.88 bits per heavy atom. The van der Waals surface area contributed by atoms with E-state index in [4.69, 9.17) is 4.74 Å². The number of benzene rings is 1. The average Bonchev–Trinajstić information content (AvgIpc) is 2.58. The van der Waals surface area contributed by atoms with Gasteiger partial charge in [-0.15, -0.1) is 0 Å². The van der Waals surface area contributed by atoms with E-state index in [-0.39, 0.29) is 24.5 Å². The zero-order valence-corrected chi connectivity index (χ0v) is 15.3. The fourth-order valence-corrected chi connectivity index (χ4v) is 2.85. The summed E-state index contributed by atoms with van der Waals surface area (Å²) in [6, 6.07) is 9.03. The van der Waals surface area contributed by atoms with E-state index >= 15 is 0 Å². The number of amides is 2. The molecule has 1 heterocycles. The number of rotatable bonds is 4. The van der Waals surface area contributed by atoms with Gasteiger partial charge in [-0.2, -0.15) is 0 Å². The predicted octanol–water partition coefficient (Wildman–Crippen LogP) is 2.26. The number of aliphatic hydroxyl groups excluding tert-OH is 1. The van der Waals surface area contributed by atoms with Crippen LogP contribution in [0.3, 0.4) is 0 Å². The molecule has 6 nitrogen and oxygen atoms in total. The molecule has 0 radical (unpaired) electrons. The Balaban J connectivity index is 1.90. The summed E-state index contributed by atoms with van der Waals surface area (Å²) < 4.78 is 5.35. The van der Waals surface area contributed by atoms with Gasteiger partial charge in [0, 0.05) is 26.1 Å². The van der Waals surface area contributed by atoms with Crippen molar-refractivity contribution in [3.05, 3.63) is 35.9 Å². The molecule has 0 aromatic heterocycles. The molecule has 138 valence electrons. The SMILES string of the molecule is CC(C)(C)CC(=O)N1CCN(C(=O)OCc2ccccc2)C(CO)C1. The van der Waals surface area contributed by atoms with Gasteiger partial charge in [0.15, 0.2) is 0 Å². The first-order chi connectivity index (χ1) is 11.8. The van der Waals surface area contributed by atoms with E-state index in [1.54, 1.807) is 4.90 Å². The third-order valence-corrected chi connectivity index (χ3v) is 4.17. The fourth-order valence-electron chi connectivity index (χ4n) is 2.85. The summed E-state index contributed by atoms with van der Waals surface area (Å²) >= 11 is 0. The number of ether oxygens (including phenoxy) is 1. The molecule has 1 saturated heterocycles. The summed E-state index contributed by atoms with van der Waals surface area (Å²) in [5.74, 6) is 0.0586. The highest BCUT2D eigenvalue weighted by Gasteiger charge is 2.33. The number of hydrogen-bond donors (Lipinski definition) is 1. The van der Waals surface area contributed by atoms with Crippen molar-refractivity contribution in [1.29, 1.82) is 0 Å². The highest BCUT2D eigenvalue weighted by molar-refractivity contribution is 5.77. The first-order valence-electron chi connectivity index (χ1n) is 8.66. The van der Waals surface area contributed by atoms with E-state index in [1.165, 1.54) is 4.90 Å². The van der Waals surface area contributed by atoms with Gasteiger partial charge >= 0.3 is 6.09 Å². The normalized spacial score (nSPS) is 18.2. The Morgan fingerprint density at radius 1 is 1.20 bits per heavy atom. The van der Waals surface area contributed by atoms with E-state index in [9.17, 15) is 14.7 Å². The lowest BCUT2D eigenvalue weighted by molar-refractivity contribution is -0.136.